The van der Waals surface area contributed by atoms with Crippen LogP contribution in [-0.4, -0.2) is 25.0 Å². The zero-order valence-electron chi connectivity index (χ0n) is 15.3. The van der Waals surface area contributed by atoms with Crippen LogP contribution in [0.1, 0.15) is 17.2 Å². The molecule has 3 rings (SSSR count). The van der Waals surface area contributed by atoms with Gasteiger partial charge < -0.3 is 10.1 Å². The third-order valence-electron chi connectivity index (χ3n) is 4.22. The summed E-state index contributed by atoms with van der Waals surface area (Å²) in [6.45, 7) is 0. The van der Waals surface area contributed by atoms with Crippen molar-refractivity contribution in [2.75, 3.05) is 7.05 Å². The van der Waals surface area contributed by atoms with E-state index in [0.717, 1.165) is 16.3 Å². The zero-order chi connectivity index (χ0) is 19.9. The van der Waals surface area contributed by atoms with Crippen LogP contribution in [0.25, 0.3) is 10.8 Å². The largest absolute Gasteiger partial charge is 0.447 e. The number of benzene rings is 3. The summed E-state index contributed by atoms with van der Waals surface area (Å²) < 4.78 is 5.43. The number of amides is 3. The average molecular weight is 376 g/mol. The molecular weight excluding hydrogens is 356 g/mol. The highest BCUT2D eigenvalue weighted by Gasteiger charge is 2.26. The second-order valence-electron chi connectivity index (χ2n) is 6.21. The normalized spacial score (nSPS) is 11.5. The zero-order valence-corrected chi connectivity index (χ0v) is 15.3. The standard InChI is InChI=1S/C22H20N2O4/c1-23-22(27)24-21(26)20(17-8-3-2-4-9-17)28-19(25)14-15-11-12-16-7-5-6-10-18(16)13-15/h2-13,20H,14H2,1H3,(H2,23,24,26,27)/t20-/m1/s1. The van der Waals surface area contributed by atoms with Crippen LogP contribution in [0, 0.1) is 0 Å². The lowest BCUT2D eigenvalue weighted by molar-refractivity contribution is -0.155. The Morgan fingerprint density at radius 2 is 1.57 bits per heavy atom. The van der Waals surface area contributed by atoms with Gasteiger partial charge in [-0.1, -0.05) is 72.8 Å². The quantitative estimate of drug-likeness (QED) is 0.670. The number of ether oxygens (including phenoxy) is 1. The maximum Gasteiger partial charge on any atom is 0.321 e. The summed E-state index contributed by atoms with van der Waals surface area (Å²) in [6.07, 6.45) is -1.20. The first-order chi connectivity index (χ1) is 13.6. The van der Waals surface area contributed by atoms with Crippen molar-refractivity contribution in [3.8, 4) is 0 Å². The molecule has 0 saturated heterocycles. The fourth-order valence-corrected chi connectivity index (χ4v) is 2.83. The Kier molecular flexibility index (Phi) is 6.01. The van der Waals surface area contributed by atoms with Gasteiger partial charge in [0.1, 0.15) is 0 Å². The molecule has 6 heteroatoms. The van der Waals surface area contributed by atoms with E-state index in [9.17, 15) is 14.4 Å². The second-order valence-corrected chi connectivity index (χ2v) is 6.21. The molecule has 0 saturated carbocycles. The van der Waals surface area contributed by atoms with Crippen molar-refractivity contribution in [2.24, 2.45) is 0 Å². The van der Waals surface area contributed by atoms with Gasteiger partial charge in [0.15, 0.2) is 0 Å². The molecule has 1 atom stereocenters. The van der Waals surface area contributed by atoms with Crippen LogP contribution in [0.5, 0.6) is 0 Å². The number of urea groups is 1. The molecule has 0 aliphatic heterocycles. The average Bonchev–Trinajstić information content (AvgIpc) is 2.72. The van der Waals surface area contributed by atoms with E-state index < -0.39 is 24.0 Å². The van der Waals surface area contributed by atoms with Crippen LogP contribution in [0.2, 0.25) is 0 Å². The van der Waals surface area contributed by atoms with Gasteiger partial charge in [0.05, 0.1) is 6.42 Å². The molecule has 0 heterocycles. The van der Waals surface area contributed by atoms with Gasteiger partial charge in [0.25, 0.3) is 5.91 Å². The smallest absolute Gasteiger partial charge is 0.321 e. The van der Waals surface area contributed by atoms with E-state index in [1.165, 1.54) is 7.05 Å². The lowest BCUT2D eigenvalue weighted by atomic mass is 10.1. The lowest BCUT2D eigenvalue weighted by Gasteiger charge is -2.17. The van der Waals surface area contributed by atoms with Gasteiger partial charge in [-0.15, -0.1) is 0 Å². The van der Waals surface area contributed by atoms with E-state index in [1.54, 1.807) is 30.3 Å². The monoisotopic (exact) mass is 376 g/mol. The molecule has 3 aromatic carbocycles. The van der Waals surface area contributed by atoms with E-state index in [-0.39, 0.29) is 6.42 Å². The van der Waals surface area contributed by atoms with Crippen molar-refractivity contribution in [3.05, 3.63) is 83.9 Å². The number of fused-ring (bicyclic) bond motifs is 1. The molecule has 0 aliphatic rings. The van der Waals surface area contributed by atoms with Gasteiger partial charge >= 0.3 is 12.0 Å². The molecule has 0 unspecified atom stereocenters. The molecule has 0 fully saturated rings. The summed E-state index contributed by atoms with van der Waals surface area (Å²) in [5.74, 6) is -1.27. The third kappa shape index (κ3) is 4.73. The first-order valence-corrected chi connectivity index (χ1v) is 8.81. The van der Waals surface area contributed by atoms with Crippen LogP contribution in [0.15, 0.2) is 72.8 Å². The highest BCUT2D eigenvalue weighted by atomic mass is 16.5. The summed E-state index contributed by atoms with van der Waals surface area (Å²) in [6, 6.07) is 21.4. The first-order valence-electron chi connectivity index (χ1n) is 8.81. The molecule has 28 heavy (non-hydrogen) atoms. The van der Waals surface area contributed by atoms with Gasteiger partial charge in [-0.25, -0.2) is 4.79 Å². The van der Waals surface area contributed by atoms with E-state index in [4.69, 9.17) is 4.74 Å². The van der Waals surface area contributed by atoms with Crippen LogP contribution in [0.4, 0.5) is 4.79 Å². The summed E-state index contributed by atoms with van der Waals surface area (Å²) in [5, 5.41) is 6.55. The number of nitrogens with one attached hydrogen (secondary N) is 2. The van der Waals surface area contributed by atoms with Gasteiger partial charge in [0.2, 0.25) is 6.10 Å². The van der Waals surface area contributed by atoms with Crippen LogP contribution < -0.4 is 10.6 Å². The predicted octanol–water partition coefficient (Wildman–Crippen LogP) is 3.12. The number of hydrogen-bond acceptors (Lipinski definition) is 4. The molecule has 2 N–H and O–H groups in total. The van der Waals surface area contributed by atoms with Crippen molar-refractivity contribution in [3.63, 3.8) is 0 Å². The Labute approximate surface area is 162 Å². The molecular formula is C22H20N2O4. The number of carbonyl (C=O) groups is 3. The van der Waals surface area contributed by atoms with Crippen LogP contribution in [-0.2, 0) is 20.7 Å². The minimum Gasteiger partial charge on any atom is -0.447 e. The molecule has 0 bridgehead atoms. The Hall–Kier alpha value is -3.67. The van der Waals surface area contributed by atoms with Crippen molar-refractivity contribution >= 4 is 28.7 Å². The van der Waals surface area contributed by atoms with E-state index in [0.29, 0.717) is 5.56 Å². The van der Waals surface area contributed by atoms with Gasteiger partial charge in [-0.05, 0) is 16.3 Å². The Balaban J connectivity index is 1.76. The Bertz CT molecular complexity index is 1000. The van der Waals surface area contributed by atoms with Gasteiger partial charge in [0, 0.05) is 12.6 Å². The summed E-state index contributed by atoms with van der Waals surface area (Å²) in [5.41, 5.74) is 1.26. The van der Waals surface area contributed by atoms with Crippen molar-refractivity contribution in [2.45, 2.75) is 12.5 Å². The fraction of sp³-hybridized carbons (Fsp3) is 0.136. The molecule has 0 aromatic heterocycles. The van der Waals surface area contributed by atoms with E-state index in [2.05, 4.69) is 10.6 Å². The van der Waals surface area contributed by atoms with Crippen LogP contribution >= 0.6 is 0 Å². The molecule has 142 valence electrons. The SMILES string of the molecule is CNC(=O)NC(=O)[C@H](OC(=O)Cc1ccc2ccccc2c1)c1ccccc1. The van der Waals surface area contributed by atoms with E-state index in [1.807, 2.05) is 42.5 Å². The number of carbonyl (C=O) groups excluding carboxylic acids is 3. The first kappa shape index (κ1) is 19.1. The minimum atomic E-state index is -1.22. The number of rotatable bonds is 5. The van der Waals surface area contributed by atoms with Crippen LogP contribution in [0.3, 0.4) is 0 Å². The summed E-state index contributed by atoms with van der Waals surface area (Å²) in [7, 11) is 1.39. The number of imide groups is 1. The molecule has 0 aliphatic carbocycles. The number of esters is 1. The molecule has 3 aromatic rings. The fourth-order valence-electron chi connectivity index (χ4n) is 2.83. The topological polar surface area (TPSA) is 84.5 Å². The lowest BCUT2D eigenvalue weighted by Crippen LogP contribution is -2.41. The van der Waals surface area contributed by atoms with Crippen molar-refractivity contribution in [1.29, 1.82) is 0 Å². The van der Waals surface area contributed by atoms with Crippen molar-refractivity contribution < 1.29 is 19.1 Å². The highest BCUT2D eigenvalue weighted by Crippen LogP contribution is 2.20. The maximum absolute atomic E-state index is 12.5. The van der Waals surface area contributed by atoms with Gasteiger partial charge in [-0.3, -0.25) is 14.9 Å². The summed E-state index contributed by atoms with van der Waals surface area (Å²) in [4.78, 5) is 36.4. The predicted molar refractivity (Wildman–Crippen MR) is 106 cm³/mol. The molecule has 0 radical (unpaired) electrons. The molecule has 3 amide bonds. The van der Waals surface area contributed by atoms with Crippen molar-refractivity contribution in [1.82, 2.24) is 10.6 Å². The number of hydrogen-bond donors (Lipinski definition) is 2. The highest BCUT2D eigenvalue weighted by molar-refractivity contribution is 5.97. The molecule has 0 spiro atoms. The second kappa shape index (κ2) is 8.81. The third-order valence-corrected chi connectivity index (χ3v) is 4.22. The van der Waals surface area contributed by atoms with E-state index >= 15 is 0 Å². The Morgan fingerprint density at radius 1 is 0.893 bits per heavy atom. The van der Waals surface area contributed by atoms with Gasteiger partial charge in [-0.2, -0.15) is 0 Å². The molecule has 6 nitrogen and oxygen atoms in total. The minimum absolute atomic E-state index is 0.0153. The Morgan fingerprint density at radius 3 is 2.29 bits per heavy atom. The summed E-state index contributed by atoms with van der Waals surface area (Å²) >= 11 is 0. The maximum atomic E-state index is 12.5.